The van der Waals surface area contributed by atoms with Crippen LogP contribution in [0.5, 0.6) is 0 Å². The second-order valence-corrected chi connectivity index (χ2v) is 5.44. The van der Waals surface area contributed by atoms with E-state index in [0.29, 0.717) is 5.02 Å². The minimum Gasteiger partial charge on any atom is -0.320 e. The van der Waals surface area contributed by atoms with Crippen molar-refractivity contribution in [3.63, 3.8) is 0 Å². The van der Waals surface area contributed by atoms with Crippen molar-refractivity contribution in [2.45, 2.75) is 13.0 Å². The lowest BCUT2D eigenvalue weighted by molar-refractivity contribution is 0.624. The summed E-state index contributed by atoms with van der Waals surface area (Å²) >= 11 is 9.43. The quantitative estimate of drug-likeness (QED) is 0.856. The van der Waals surface area contributed by atoms with E-state index < -0.39 is 0 Å². The zero-order valence-corrected chi connectivity index (χ0v) is 12.1. The Hall–Kier alpha value is -0.900. The van der Waals surface area contributed by atoms with Gasteiger partial charge >= 0.3 is 0 Å². The SMILES string of the molecule is Cc1cc(F)ccc1C(N)c1cc(Cl)ccc1Br. The van der Waals surface area contributed by atoms with Crippen LogP contribution in [0, 0.1) is 12.7 Å². The zero-order valence-electron chi connectivity index (χ0n) is 9.75. The maximum atomic E-state index is 13.1. The molecule has 0 heterocycles. The highest BCUT2D eigenvalue weighted by Gasteiger charge is 2.15. The first-order valence-corrected chi connectivity index (χ1v) is 6.62. The van der Waals surface area contributed by atoms with E-state index in [-0.39, 0.29) is 11.9 Å². The van der Waals surface area contributed by atoms with Gasteiger partial charge in [0.15, 0.2) is 0 Å². The van der Waals surface area contributed by atoms with E-state index in [1.165, 1.54) is 12.1 Å². The topological polar surface area (TPSA) is 26.0 Å². The Kier molecular flexibility index (Phi) is 4.05. The van der Waals surface area contributed by atoms with Crippen molar-refractivity contribution < 1.29 is 4.39 Å². The largest absolute Gasteiger partial charge is 0.320 e. The molecule has 4 heteroatoms. The number of benzene rings is 2. The second kappa shape index (κ2) is 5.39. The van der Waals surface area contributed by atoms with Crippen LogP contribution in [0.2, 0.25) is 5.02 Å². The molecule has 0 fully saturated rings. The summed E-state index contributed by atoms with van der Waals surface area (Å²) < 4.78 is 14.0. The Balaban J connectivity index is 2.47. The molecule has 0 aromatic heterocycles. The smallest absolute Gasteiger partial charge is 0.123 e. The van der Waals surface area contributed by atoms with Gasteiger partial charge in [-0.3, -0.25) is 0 Å². The van der Waals surface area contributed by atoms with Crippen molar-refractivity contribution in [3.05, 3.63) is 68.4 Å². The number of halogens is 3. The first kappa shape index (κ1) is 13.5. The van der Waals surface area contributed by atoms with Crippen LogP contribution in [0.1, 0.15) is 22.7 Å². The summed E-state index contributed by atoms with van der Waals surface area (Å²) in [6.07, 6.45) is 0. The first-order valence-electron chi connectivity index (χ1n) is 5.45. The van der Waals surface area contributed by atoms with Gasteiger partial charge in [0.2, 0.25) is 0 Å². The Morgan fingerprint density at radius 3 is 2.56 bits per heavy atom. The van der Waals surface area contributed by atoms with Gasteiger partial charge in [0.05, 0.1) is 6.04 Å². The Morgan fingerprint density at radius 2 is 1.89 bits per heavy atom. The summed E-state index contributed by atoms with van der Waals surface area (Å²) in [7, 11) is 0. The summed E-state index contributed by atoms with van der Waals surface area (Å²) in [6.45, 7) is 1.84. The van der Waals surface area contributed by atoms with Crippen LogP contribution in [0.4, 0.5) is 4.39 Å². The van der Waals surface area contributed by atoms with E-state index in [9.17, 15) is 4.39 Å². The molecule has 0 aliphatic carbocycles. The van der Waals surface area contributed by atoms with Gasteiger partial charge < -0.3 is 5.73 Å². The van der Waals surface area contributed by atoms with Gasteiger partial charge in [-0.1, -0.05) is 33.6 Å². The van der Waals surface area contributed by atoms with Crippen LogP contribution in [0.15, 0.2) is 40.9 Å². The molecule has 0 saturated heterocycles. The Labute approximate surface area is 119 Å². The lowest BCUT2D eigenvalue weighted by Crippen LogP contribution is -2.14. The molecule has 0 aliphatic heterocycles. The molecule has 0 spiro atoms. The van der Waals surface area contributed by atoms with Crippen molar-refractivity contribution in [1.82, 2.24) is 0 Å². The van der Waals surface area contributed by atoms with E-state index >= 15 is 0 Å². The lowest BCUT2D eigenvalue weighted by Gasteiger charge is -2.17. The number of aryl methyl sites for hydroxylation is 1. The molecule has 18 heavy (non-hydrogen) atoms. The Bertz CT molecular complexity index is 586. The summed E-state index contributed by atoms with van der Waals surface area (Å²) in [4.78, 5) is 0. The maximum Gasteiger partial charge on any atom is 0.123 e. The van der Waals surface area contributed by atoms with Crippen LogP contribution < -0.4 is 5.73 Å². The molecule has 1 nitrogen and oxygen atoms in total. The highest BCUT2D eigenvalue weighted by atomic mass is 79.9. The molecule has 2 aromatic carbocycles. The summed E-state index contributed by atoms with van der Waals surface area (Å²) in [5.41, 5.74) is 8.83. The third kappa shape index (κ3) is 2.74. The fraction of sp³-hybridized carbons (Fsp3) is 0.143. The van der Waals surface area contributed by atoms with Crippen molar-refractivity contribution >= 4 is 27.5 Å². The molecular weight excluding hydrogens is 317 g/mol. The molecule has 2 rings (SSSR count). The fourth-order valence-corrected chi connectivity index (χ4v) is 2.58. The van der Waals surface area contributed by atoms with Gasteiger partial charge in [-0.05, 0) is 53.9 Å². The minimum atomic E-state index is -0.335. The number of nitrogens with two attached hydrogens (primary N) is 1. The van der Waals surface area contributed by atoms with Gasteiger partial charge in [-0.2, -0.15) is 0 Å². The van der Waals surface area contributed by atoms with E-state index in [0.717, 1.165) is 21.2 Å². The minimum absolute atomic E-state index is 0.256. The van der Waals surface area contributed by atoms with Crippen LogP contribution in [0.3, 0.4) is 0 Å². The predicted molar refractivity (Wildman–Crippen MR) is 76.3 cm³/mol. The maximum absolute atomic E-state index is 13.1. The molecule has 94 valence electrons. The van der Waals surface area contributed by atoms with Gasteiger partial charge in [-0.15, -0.1) is 0 Å². The zero-order chi connectivity index (χ0) is 13.3. The van der Waals surface area contributed by atoms with Crippen molar-refractivity contribution in [2.75, 3.05) is 0 Å². The predicted octanol–water partition coefficient (Wildman–Crippen LogP) is 4.60. The van der Waals surface area contributed by atoms with E-state index in [1.54, 1.807) is 12.1 Å². The van der Waals surface area contributed by atoms with Crippen LogP contribution in [0.25, 0.3) is 0 Å². The Morgan fingerprint density at radius 1 is 1.17 bits per heavy atom. The molecule has 0 amide bonds. The third-order valence-corrected chi connectivity index (χ3v) is 3.82. The molecule has 2 N–H and O–H groups in total. The van der Waals surface area contributed by atoms with E-state index in [4.69, 9.17) is 17.3 Å². The van der Waals surface area contributed by atoms with Crippen LogP contribution in [-0.4, -0.2) is 0 Å². The monoisotopic (exact) mass is 327 g/mol. The van der Waals surface area contributed by atoms with Gasteiger partial charge in [0.1, 0.15) is 5.82 Å². The standard InChI is InChI=1S/C14H12BrClFN/c1-8-6-10(17)3-4-11(8)14(18)12-7-9(16)2-5-13(12)15/h2-7,14H,18H2,1H3. The van der Waals surface area contributed by atoms with Crippen molar-refractivity contribution in [1.29, 1.82) is 0 Å². The summed E-state index contributed by atoms with van der Waals surface area (Å²) in [6, 6.07) is 9.74. The number of rotatable bonds is 2. The highest BCUT2D eigenvalue weighted by molar-refractivity contribution is 9.10. The molecule has 0 radical (unpaired) electrons. The average Bonchev–Trinajstić information content (AvgIpc) is 2.31. The molecule has 1 unspecified atom stereocenters. The van der Waals surface area contributed by atoms with Gasteiger partial charge in [-0.25, -0.2) is 4.39 Å². The average molecular weight is 329 g/mol. The third-order valence-electron chi connectivity index (χ3n) is 2.86. The first-order chi connectivity index (χ1) is 8.49. The van der Waals surface area contributed by atoms with Crippen LogP contribution in [-0.2, 0) is 0 Å². The van der Waals surface area contributed by atoms with E-state index in [1.807, 2.05) is 19.1 Å². The molecule has 0 saturated carbocycles. The summed E-state index contributed by atoms with van der Waals surface area (Å²) in [5.74, 6) is -0.256. The molecule has 1 atom stereocenters. The van der Waals surface area contributed by atoms with Crippen LogP contribution >= 0.6 is 27.5 Å². The molecule has 0 bridgehead atoms. The summed E-state index contributed by atoms with van der Waals surface area (Å²) in [5, 5.41) is 0.628. The number of hydrogen-bond acceptors (Lipinski definition) is 1. The van der Waals surface area contributed by atoms with Gasteiger partial charge in [0.25, 0.3) is 0 Å². The molecule has 0 aliphatic rings. The number of hydrogen-bond donors (Lipinski definition) is 1. The fourth-order valence-electron chi connectivity index (χ4n) is 1.91. The highest BCUT2D eigenvalue weighted by Crippen LogP contribution is 2.30. The normalized spacial score (nSPS) is 12.5. The lowest BCUT2D eigenvalue weighted by atomic mass is 9.96. The van der Waals surface area contributed by atoms with Gasteiger partial charge in [0, 0.05) is 9.50 Å². The van der Waals surface area contributed by atoms with Crippen molar-refractivity contribution in [2.24, 2.45) is 5.73 Å². The second-order valence-electron chi connectivity index (χ2n) is 4.14. The molecule has 2 aromatic rings. The van der Waals surface area contributed by atoms with Crippen molar-refractivity contribution in [3.8, 4) is 0 Å². The van der Waals surface area contributed by atoms with E-state index in [2.05, 4.69) is 15.9 Å². The molecular formula is C14H12BrClFN.